The Labute approximate surface area is 96.6 Å². The van der Waals surface area contributed by atoms with E-state index in [2.05, 4.69) is 22.1 Å². The number of anilines is 1. The maximum absolute atomic E-state index is 5.36. The van der Waals surface area contributed by atoms with E-state index in [1.54, 1.807) is 7.11 Å². The van der Waals surface area contributed by atoms with Gasteiger partial charge in [-0.25, -0.2) is 4.98 Å². The van der Waals surface area contributed by atoms with Crippen molar-refractivity contribution >= 4 is 5.82 Å². The summed E-state index contributed by atoms with van der Waals surface area (Å²) in [6, 6.07) is 4.41. The van der Waals surface area contributed by atoms with Gasteiger partial charge in [-0.2, -0.15) is 0 Å². The molecule has 0 radical (unpaired) electrons. The Morgan fingerprint density at radius 2 is 2.50 bits per heavy atom. The molecule has 0 saturated carbocycles. The first kappa shape index (κ1) is 11.2. The predicted octanol–water partition coefficient (Wildman–Crippen LogP) is 1.28. The van der Waals surface area contributed by atoms with Gasteiger partial charge in [0, 0.05) is 25.3 Å². The number of hydrogen-bond donors (Lipinski definition) is 1. The summed E-state index contributed by atoms with van der Waals surface area (Å²) >= 11 is 0. The Bertz CT molecular complexity index is 337. The van der Waals surface area contributed by atoms with Crippen LogP contribution >= 0.6 is 0 Å². The van der Waals surface area contributed by atoms with Crippen LogP contribution in [0.3, 0.4) is 0 Å². The zero-order valence-corrected chi connectivity index (χ0v) is 9.94. The quantitative estimate of drug-likeness (QED) is 0.831. The van der Waals surface area contributed by atoms with E-state index in [0.29, 0.717) is 6.04 Å². The minimum absolute atomic E-state index is 0.536. The summed E-state index contributed by atoms with van der Waals surface area (Å²) in [7, 11) is 1.70. The molecule has 1 atom stereocenters. The number of hydrogen-bond acceptors (Lipinski definition) is 4. The van der Waals surface area contributed by atoms with E-state index in [-0.39, 0.29) is 0 Å². The molecule has 1 fully saturated rings. The van der Waals surface area contributed by atoms with E-state index in [1.165, 1.54) is 6.42 Å². The van der Waals surface area contributed by atoms with Crippen molar-refractivity contribution in [3.05, 3.63) is 18.3 Å². The number of nitrogens with zero attached hydrogens (tertiary/aromatic N) is 2. The molecule has 0 aromatic carbocycles. The Morgan fingerprint density at radius 3 is 3.12 bits per heavy atom. The van der Waals surface area contributed by atoms with Crippen LogP contribution in [-0.4, -0.2) is 37.8 Å². The highest BCUT2D eigenvalue weighted by Gasteiger charge is 2.24. The van der Waals surface area contributed by atoms with E-state index >= 15 is 0 Å². The molecule has 0 aliphatic carbocycles. The van der Waals surface area contributed by atoms with E-state index < -0.39 is 0 Å². The number of methoxy groups -OCH3 is 1. The molecule has 16 heavy (non-hydrogen) atoms. The molecular weight excluding hydrogens is 202 g/mol. The van der Waals surface area contributed by atoms with Crippen molar-refractivity contribution in [2.75, 3.05) is 31.6 Å². The third kappa shape index (κ3) is 2.11. The molecule has 88 valence electrons. The molecule has 2 rings (SSSR count). The summed E-state index contributed by atoms with van der Waals surface area (Å²) < 4.78 is 5.36. The number of pyridine rings is 1. The normalized spacial score (nSPS) is 19.8. The van der Waals surface area contributed by atoms with E-state index in [9.17, 15) is 0 Å². The molecule has 1 saturated heterocycles. The fourth-order valence-electron chi connectivity index (χ4n) is 2.24. The molecule has 1 aliphatic heterocycles. The highest BCUT2D eigenvalue weighted by atomic mass is 16.5. The van der Waals surface area contributed by atoms with Crippen molar-refractivity contribution in [2.24, 2.45) is 0 Å². The van der Waals surface area contributed by atoms with Crippen LogP contribution in [0.1, 0.15) is 13.3 Å². The fraction of sp³-hybridized carbons (Fsp3) is 0.583. The summed E-state index contributed by atoms with van der Waals surface area (Å²) in [5, 5.41) is 3.38. The van der Waals surface area contributed by atoms with Gasteiger partial charge < -0.3 is 15.0 Å². The van der Waals surface area contributed by atoms with Gasteiger partial charge in [0.25, 0.3) is 0 Å². The van der Waals surface area contributed by atoms with Crippen LogP contribution in [0.15, 0.2) is 18.3 Å². The second kappa shape index (κ2) is 5.16. The summed E-state index contributed by atoms with van der Waals surface area (Å²) in [6.07, 6.45) is 3.00. The van der Waals surface area contributed by atoms with E-state index in [4.69, 9.17) is 4.74 Å². The Balaban J connectivity index is 2.24. The Kier molecular flexibility index (Phi) is 3.62. The van der Waals surface area contributed by atoms with Gasteiger partial charge >= 0.3 is 0 Å². The molecule has 0 amide bonds. The first-order valence-corrected chi connectivity index (χ1v) is 5.83. The average molecular weight is 221 g/mol. The van der Waals surface area contributed by atoms with Crippen molar-refractivity contribution < 1.29 is 4.74 Å². The molecule has 1 aromatic rings. The van der Waals surface area contributed by atoms with Crippen LogP contribution in [0.5, 0.6) is 5.75 Å². The molecular formula is C12H19N3O. The Morgan fingerprint density at radius 1 is 1.62 bits per heavy atom. The van der Waals surface area contributed by atoms with Gasteiger partial charge in [0.1, 0.15) is 0 Å². The number of ether oxygens (including phenoxy) is 1. The third-order valence-electron chi connectivity index (χ3n) is 3.06. The van der Waals surface area contributed by atoms with Gasteiger partial charge in [-0.3, -0.25) is 0 Å². The largest absolute Gasteiger partial charge is 0.493 e. The van der Waals surface area contributed by atoms with E-state index in [1.807, 2.05) is 18.3 Å². The highest BCUT2D eigenvalue weighted by Crippen LogP contribution is 2.27. The molecule has 2 heterocycles. The highest BCUT2D eigenvalue weighted by molar-refractivity contribution is 5.53. The zero-order valence-electron chi connectivity index (χ0n) is 9.94. The molecule has 4 heteroatoms. The van der Waals surface area contributed by atoms with Gasteiger partial charge in [0.05, 0.1) is 7.11 Å². The lowest BCUT2D eigenvalue weighted by atomic mass is 10.2. The van der Waals surface area contributed by atoms with Crippen LogP contribution in [0.2, 0.25) is 0 Å². The number of likely N-dealkylation sites (N-methyl/N-ethyl adjacent to an activating group) is 1. The molecule has 4 nitrogen and oxygen atoms in total. The standard InChI is InChI=1S/C12H19N3O/c1-3-15(10-6-8-13-9-10)12-11(16-2)5-4-7-14-12/h4-5,7,10,13H,3,6,8-9H2,1-2H3. The second-order valence-electron chi connectivity index (χ2n) is 3.96. The van der Waals surface area contributed by atoms with Gasteiger partial charge in [-0.1, -0.05) is 0 Å². The van der Waals surface area contributed by atoms with Gasteiger partial charge in [-0.15, -0.1) is 0 Å². The van der Waals surface area contributed by atoms with Gasteiger partial charge in [0.2, 0.25) is 0 Å². The lowest BCUT2D eigenvalue weighted by molar-refractivity contribution is 0.410. The van der Waals surface area contributed by atoms with Crippen LogP contribution < -0.4 is 15.0 Å². The maximum atomic E-state index is 5.36. The van der Waals surface area contributed by atoms with Crippen molar-refractivity contribution in [3.63, 3.8) is 0 Å². The van der Waals surface area contributed by atoms with E-state index in [0.717, 1.165) is 31.2 Å². The minimum atomic E-state index is 0.536. The molecule has 1 aromatic heterocycles. The first-order chi connectivity index (χ1) is 7.86. The van der Waals surface area contributed by atoms with Crippen LogP contribution in [0, 0.1) is 0 Å². The van der Waals surface area contributed by atoms with Gasteiger partial charge in [0.15, 0.2) is 11.6 Å². The van der Waals surface area contributed by atoms with Crippen LogP contribution in [0.4, 0.5) is 5.82 Å². The predicted molar refractivity (Wildman–Crippen MR) is 65.1 cm³/mol. The summed E-state index contributed by atoms with van der Waals surface area (Å²) in [5.41, 5.74) is 0. The monoisotopic (exact) mass is 221 g/mol. The molecule has 1 aliphatic rings. The smallest absolute Gasteiger partial charge is 0.171 e. The fourth-order valence-corrected chi connectivity index (χ4v) is 2.24. The molecule has 1 unspecified atom stereocenters. The molecule has 1 N–H and O–H groups in total. The summed E-state index contributed by atoms with van der Waals surface area (Å²) in [6.45, 7) is 5.25. The summed E-state index contributed by atoms with van der Waals surface area (Å²) in [4.78, 5) is 6.76. The number of rotatable bonds is 4. The maximum Gasteiger partial charge on any atom is 0.171 e. The molecule has 0 spiro atoms. The van der Waals surface area contributed by atoms with Crippen molar-refractivity contribution in [2.45, 2.75) is 19.4 Å². The van der Waals surface area contributed by atoms with Crippen molar-refractivity contribution in [1.29, 1.82) is 0 Å². The van der Waals surface area contributed by atoms with Crippen LogP contribution in [0.25, 0.3) is 0 Å². The SMILES string of the molecule is CCN(c1ncccc1OC)C1CCNC1. The van der Waals surface area contributed by atoms with Crippen molar-refractivity contribution in [3.8, 4) is 5.75 Å². The molecule has 0 bridgehead atoms. The topological polar surface area (TPSA) is 37.4 Å². The minimum Gasteiger partial charge on any atom is -0.493 e. The lowest BCUT2D eigenvalue weighted by Crippen LogP contribution is -2.37. The number of aromatic nitrogens is 1. The Hall–Kier alpha value is -1.29. The van der Waals surface area contributed by atoms with Crippen LogP contribution in [-0.2, 0) is 0 Å². The zero-order chi connectivity index (χ0) is 11.4. The van der Waals surface area contributed by atoms with Crippen molar-refractivity contribution in [1.82, 2.24) is 10.3 Å². The third-order valence-corrected chi connectivity index (χ3v) is 3.06. The number of nitrogens with one attached hydrogen (secondary N) is 1. The first-order valence-electron chi connectivity index (χ1n) is 5.83. The van der Waals surface area contributed by atoms with Gasteiger partial charge in [-0.05, 0) is 32.0 Å². The lowest BCUT2D eigenvalue weighted by Gasteiger charge is -2.29. The average Bonchev–Trinajstić information content (AvgIpc) is 2.84. The second-order valence-corrected chi connectivity index (χ2v) is 3.96. The summed E-state index contributed by atoms with van der Waals surface area (Å²) in [5.74, 6) is 1.82.